The van der Waals surface area contributed by atoms with Crippen LogP contribution in [0.5, 0.6) is 11.5 Å². The number of carbonyl (C=O) groups excluding carboxylic acids is 2. The number of benzene rings is 1. The second kappa shape index (κ2) is 12.8. The number of amides is 2. The van der Waals surface area contributed by atoms with Crippen molar-refractivity contribution in [1.82, 2.24) is 9.80 Å². The molecule has 0 bridgehead atoms. The van der Waals surface area contributed by atoms with Crippen LogP contribution < -0.4 is 9.47 Å². The second-order valence-electron chi connectivity index (χ2n) is 8.84. The van der Waals surface area contributed by atoms with Gasteiger partial charge in [0, 0.05) is 30.5 Å². The van der Waals surface area contributed by atoms with Crippen molar-refractivity contribution in [2.24, 2.45) is 5.92 Å². The Morgan fingerprint density at radius 2 is 1.94 bits per heavy atom. The van der Waals surface area contributed by atoms with E-state index >= 15 is 0 Å². The summed E-state index contributed by atoms with van der Waals surface area (Å²) in [6.45, 7) is 6.05. The lowest BCUT2D eigenvalue weighted by Crippen LogP contribution is -2.47. The first-order valence-electron chi connectivity index (χ1n) is 11.8. The molecule has 1 saturated heterocycles. The van der Waals surface area contributed by atoms with E-state index in [9.17, 15) is 9.59 Å². The summed E-state index contributed by atoms with van der Waals surface area (Å²) in [5.74, 6) is 1.10. The van der Waals surface area contributed by atoms with Crippen molar-refractivity contribution in [2.75, 3.05) is 40.5 Å². The van der Waals surface area contributed by atoms with Gasteiger partial charge in [0.05, 0.1) is 33.4 Å². The summed E-state index contributed by atoms with van der Waals surface area (Å²) in [4.78, 5) is 31.0. The van der Waals surface area contributed by atoms with Crippen LogP contribution >= 0.6 is 11.3 Å². The van der Waals surface area contributed by atoms with Crippen LogP contribution in [-0.4, -0.2) is 68.2 Å². The highest BCUT2D eigenvalue weighted by molar-refractivity contribution is 7.09. The van der Waals surface area contributed by atoms with Crippen molar-refractivity contribution < 1.29 is 23.8 Å². The van der Waals surface area contributed by atoms with E-state index in [2.05, 4.69) is 0 Å². The van der Waals surface area contributed by atoms with Crippen LogP contribution in [0, 0.1) is 5.92 Å². The van der Waals surface area contributed by atoms with Gasteiger partial charge in [0.15, 0.2) is 11.5 Å². The van der Waals surface area contributed by atoms with Gasteiger partial charge in [0.2, 0.25) is 11.8 Å². The highest BCUT2D eigenvalue weighted by Gasteiger charge is 2.27. The molecule has 34 heavy (non-hydrogen) atoms. The van der Waals surface area contributed by atoms with E-state index in [1.165, 1.54) is 0 Å². The van der Waals surface area contributed by atoms with Crippen LogP contribution in [-0.2, 0) is 27.3 Å². The van der Waals surface area contributed by atoms with Crippen molar-refractivity contribution in [1.29, 1.82) is 0 Å². The van der Waals surface area contributed by atoms with Crippen LogP contribution in [0.1, 0.15) is 37.1 Å². The summed E-state index contributed by atoms with van der Waals surface area (Å²) in [5.41, 5.74) is 1.05. The van der Waals surface area contributed by atoms with Crippen molar-refractivity contribution in [3.63, 3.8) is 0 Å². The Kier molecular flexibility index (Phi) is 9.77. The first kappa shape index (κ1) is 26.0. The van der Waals surface area contributed by atoms with Gasteiger partial charge < -0.3 is 24.0 Å². The maximum atomic E-state index is 13.5. The summed E-state index contributed by atoms with van der Waals surface area (Å²) in [5, 5.41) is 2.01. The zero-order chi connectivity index (χ0) is 24.5. The predicted molar refractivity (Wildman–Crippen MR) is 133 cm³/mol. The molecule has 1 aliphatic heterocycles. The van der Waals surface area contributed by atoms with Crippen LogP contribution in [0.2, 0.25) is 0 Å². The normalized spacial score (nSPS) is 15.4. The number of thiophene rings is 1. The van der Waals surface area contributed by atoms with E-state index in [0.29, 0.717) is 37.6 Å². The third kappa shape index (κ3) is 7.21. The topological polar surface area (TPSA) is 68.3 Å². The standard InChI is InChI=1S/C26H36N2O5S/c1-19(2)26(30)28(16-21-7-5-13-33-21)18-25(29)27(17-22-8-6-14-34-22)12-11-20-9-10-23(31-3)24(15-20)32-4/h6,8-10,14-15,19,21H,5,7,11-13,16-18H2,1-4H3. The van der Waals surface area contributed by atoms with Crippen molar-refractivity contribution in [2.45, 2.75) is 45.8 Å². The van der Waals surface area contributed by atoms with Crippen molar-refractivity contribution in [3.8, 4) is 11.5 Å². The number of hydrogen-bond donors (Lipinski definition) is 0. The summed E-state index contributed by atoms with van der Waals surface area (Å²) < 4.78 is 16.5. The summed E-state index contributed by atoms with van der Waals surface area (Å²) in [7, 11) is 3.22. The summed E-state index contributed by atoms with van der Waals surface area (Å²) in [6.07, 6.45) is 2.60. The molecule has 2 heterocycles. The van der Waals surface area contributed by atoms with Gasteiger partial charge in [-0.3, -0.25) is 9.59 Å². The van der Waals surface area contributed by atoms with Crippen LogP contribution in [0.3, 0.4) is 0 Å². The van der Waals surface area contributed by atoms with Gasteiger partial charge in [-0.2, -0.15) is 0 Å². The molecule has 8 heteroatoms. The van der Waals surface area contributed by atoms with E-state index in [-0.39, 0.29) is 30.4 Å². The van der Waals surface area contributed by atoms with Gasteiger partial charge >= 0.3 is 0 Å². The molecule has 0 N–H and O–H groups in total. The Labute approximate surface area is 206 Å². The predicted octanol–water partition coefficient (Wildman–Crippen LogP) is 4.00. The lowest BCUT2D eigenvalue weighted by atomic mass is 10.1. The molecule has 7 nitrogen and oxygen atoms in total. The highest BCUT2D eigenvalue weighted by atomic mass is 32.1. The van der Waals surface area contributed by atoms with Crippen LogP contribution in [0.25, 0.3) is 0 Å². The van der Waals surface area contributed by atoms with Gasteiger partial charge in [-0.05, 0) is 48.4 Å². The molecular weight excluding hydrogens is 452 g/mol. The van der Waals surface area contributed by atoms with E-state index in [1.54, 1.807) is 30.5 Å². The molecule has 2 aromatic rings. The lowest BCUT2D eigenvalue weighted by molar-refractivity contribution is -0.144. The van der Waals surface area contributed by atoms with E-state index < -0.39 is 0 Å². The minimum absolute atomic E-state index is 0.00742. The SMILES string of the molecule is COc1ccc(CCN(Cc2cccs2)C(=O)CN(CC2CCCO2)C(=O)C(C)C)cc1OC. The molecule has 1 fully saturated rings. The third-order valence-corrected chi connectivity index (χ3v) is 6.84. The first-order chi connectivity index (χ1) is 16.4. The maximum Gasteiger partial charge on any atom is 0.242 e. The van der Waals surface area contributed by atoms with E-state index in [4.69, 9.17) is 14.2 Å². The van der Waals surface area contributed by atoms with Crippen molar-refractivity contribution >= 4 is 23.2 Å². The Bertz CT molecular complexity index is 925. The molecular formula is C26H36N2O5S. The number of nitrogens with zero attached hydrogens (tertiary/aromatic N) is 2. The Balaban J connectivity index is 1.72. The molecule has 1 atom stereocenters. The molecule has 186 valence electrons. The average Bonchev–Trinajstić information content (AvgIpc) is 3.54. The maximum absolute atomic E-state index is 13.5. The Hall–Kier alpha value is -2.58. The fourth-order valence-corrected chi connectivity index (χ4v) is 4.80. The fourth-order valence-electron chi connectivity index (χ4n) is 4.08. The lowest BCUT2D eigenvalue weighted by Gasteiger charge is -2.30. The minimum atomic E-state index is -0.174. The van der Waals surface area contributed by atoms with Gasteiger partial charge in [-0.1, -0.05) is 26.0 Å². The van der Waals surface area contributed by atoms with Gasteiger partial charge in [0.25, 0.3) is 0 Å². The molecule has 0 radical (unpaired) electrons. The van der Waals surface area contributed by atoms with E-state index in [0.717, 1.165) is 29.9 Å². The van der Waals surface area contributed by atoms with Gasteiger partial charge in [-0.15, -0.1) is 11.3 Å². The minimum Gasteiger partial charge on any atom is -0.493 e. The van der Waals surface area contributed by atoms with Gasteiger partial charge in [-0.25, -0.2) is 0 Å². The highest BCUT2D eigenvalue weighted by Crippen LogP contribution is 2.28. The molecule has 1 aromatic heterocycles. The molecule has 2 amide bonds. The third-order valence-electron chi connectivity index (χ3n) is 5.98. The zero-order valence-electron chi connectivity index (χ0n) is 20.6. The monoisotopic (exact) mass is 488 g/mol. The smallest absolute Gasteiger partial charge is 0.242 e. The molecule has 1 unspecified atom stereocenters. The molecule has 0 spiro atoms. The molecule has 0 saturated carbocycles. The summed E-state index contributed by atoms with van der Waals surface area (Å²) >= 11 is 1.63. The Morgan fingerprint density at radius 1 is 1.15 bits per heavy atom. The molecule has 1 aliphatic rings. The molecule has 1 aromatic carbocycles. The van der Waals surface area contributed by atoms with Gasteiger partial charge in [0.1, 0.15) is 0 Å². The fraction of sp³-hybridized carbons (Fsp3) is 0.538. The molecule has 3 rings (SSSR count). The number of rotatable bonds is 12. The number of ether oxygens (including phenoxy) is 3. The molecule has 0 aliphatic carbocycles. The number of methoxy groups -OCH3 is 2. The summed E-state index contributed by atoms with van der Waals surface area (Å²) in [6, 6.07) is 9.83. The Morgan fingerprint density at radius 3 is 2.56 bits per heavy atom. The number of carbonyl (C=O) groups is 2. The van der Waals surface area contributed by atoms with E-state index in [1.807, 2.05) is 54.5 Å². The average molecular weight is 489 g/mol. The quantitative estimate of drug-likeness (QED) is 0.452. The number of hydrogen-bond acceptors (Lipinski definition) is 6. The zero-order valence-corrected chi connectivity index (χ0v) is 21.4. The largest absolute Gasteiger partial charge is 0.493 e. The van der Waals surface area contributed by atoms with Crippen LogP contribution in [0.4, 0.5) is 0 Å². The second-order valence-corrected chi connectivity index (χ2v) is 9.87. The van der Waals surface area contributed by atoms with Crippen LogP contribution in [0.15, 0.2) is 35.7 Å². The van der Waals surface area contributed by atoms with Crippen molar-refractivity contribution in [3.05, 3.63) is 46.2 Å². The first-order valence-corrected chi connectivity index (χ1v) is 12.7.